The molecule has 19 nitrogen and oxygen atoms in total. The Bertz CT molecular complexity index is 1380. The maximum Gasteiger partial charge on any atom is 0.558 e. The van der Waals surface area contributed by atoms with Gasteiger partial charge in [-0.3, -0.25) is 9.59 Å². The van der Waals surface area contributed by atoms with E-state index >= 15 is 0 Å². The third-order valence-electron chi connectivity index (χ3n) is 6.56. The van der Waals surface area contributed by atoms with Crippen LogP contribution in [0.3, 0.4) is 0 Å². The second kappa shape index (κ2) is 20.6. The van der Waals surface area contributed by atoms with Gasteiger partial charge >= 0.3 is 104 Å². The lowest BCUT2D eigenvalue weighted by atomic mass is 10.2. The van der Waals surface area contributed by atoms with Crippen LogP contribution in [0.2, 0.25) is 12.1 Å². The molecule has 4 saturated heterocycles. The van der Waals surface area contributed by atoms with Crippen molar-refractivity contribution in [3.63, 3.8) is 0 Å². The summed E-state index contributed by atoms with van der Waals surface area (Å²) < 4.78 is 81.0. The Hall–Kier alpha value is 0.186. The van der Waals surface area contributed by atoms with E-state index in [4.69, 9.17) is 57.6 Å². The lowest BCUT2D eigenvalue weighted by Gasteiger charge is -2.44. The Balaban J connectivity index is 1.04. The first-order valence-electron chi connectivity index (χ1n) is 14.8. The molecule has 0 aliphatic carbocycles. The van der Waals surface area contributed by atoms with Crippen molar-refractivity contribution in [3.8, 4) is 0 Å². The third-order valence-corrected chi connectivity index (χ3v) is 32.4. The molecule has 4 aliphatic heterocycles. The van der Waals surface area contributed by atoms with Gasteiger partial charge in [-0.05, 0) is 36.5 Å². The van der Waals surface area contributed by atoms with Crippen molar-refractivity contribution < 1.29 is 81.6 Å². The van der Waals surface area contributed by atoms with E-state index in [1.165, 1.54) is 23.5 Å². The molecule has 3 N–H and O–H groups in total. The zero-order valence-electron chi connectivity index (χ0n) is 26.2. The molecule has 4 fully saturated rings. The first-order valence-corrected chi connectivity index (χ1v) is 30.9. The van der Waals surface area contributed by atoms with Gasteiger partial charge in [-0.2, -0.15) is 0 Å². The summed E-state index contributed by atoms with van der Waals surface area (Å²) in [5.74, 6) is 1.20. The molecule has 0 amide bonds. The highest BCUT2D eigenvalue weighted by Gasteiger charge is 2.64. The number of carbonyl (C=O) groups is 2. The molecule has 52 heavy (non-hydrogen) atoms. The minimum absolute atomic E-state index is 0.314. The van der Waals surface area contributed by atoms with Crippen molar-refractivity contribution in [2.75, 3.05) is 11.5 Å². The fourth-order valence-electron chi connectivity index (χ4n) is 4.44. The Labute approximate surface area is 326 Å². The van der Waals surface area contributed by atoms with E-state index in [9.17, 15) is 24.0 Å². The zero-order valence-corrected chi connectivity index (χ0v) is 38.8. The summed E-state index contributed by atoms with van der Waals surface area (Å²) in [5, 5.41) is 0. The van der Waals surface area contributed by atoms with E-state index in [1.807, 2.05) is 24.3 Å². The molecule has 0 aromatic heterocycles. The summed E-state index contributed by atoms with van der Waals surface area (Å²) in [6, 6.07) is 15.1. The van der Waals surface area contributed by atoms with Gasteiger partial charge in [0.25, 0.3) is 0 Å². The van der Waals surface area contributed by atoms with Gasteiger partial charge in [0.05, 0.1) is 0 Å². The summed E-state index contributed by atoms with van der Waals surface area (Å²) in [6.07, 6.45) is 2.71. The van der Waals surface area contributed by atoms with Gasteiger partial charge in [0.15, 0.2) is 12.6 Å². The quantitative estimate of drug-likeness (QED) is 0.0632. The number of hydrogen-bond acceptors (Lipinski definition) is 21. The molecule has 4 aliphatic rings. The molecule has 0 saturated carbocycles. The summed E-state index contributed by atoms with van der Waals surface area (Å²) >= 11 is 2.99. The van der Waals surface area contributed by atoms with E-state index in [-0.39, 0.29) is 0 Å². The van der Waals surface area contributed by atoms with E-state index < -0.39 is 104 Å². The molecule has 2 aromatic carbocycles. The number of rotatable bonds is 20. The van der Waals surface area contributed by atoms with Crippen molar-refractivity contribution >= 4 is 140 Å². The highest BCUT2D eigenvalue weighted by Crippen LogP contribution is 2.34. The fraction of sp³-hybridized carbons (Fsp3) is 0.300. The molecule has 11 radical (unpaired) electrons. The zero-order chi connectivity index (χ0) is 36.4. The van der Waals surface area contributed by atoms with Crippen LogP contribution in [0, 0.1) is 0 Å². The predicted octanol–water partition coefficient (Wildman–Crippen LogP) is -0.920. The molecule has 4 heterocycles. The highest BCUT2D eigenvalue weighted by molar-refractivity contribution is 7.99. The Morgan fingerprint density at radius 3 is 1.48 bits per heavy atom. The molecule has 2 unspecified atom stereocenters. The first kappa shape index (κ1) is 41.8. The summed E-state index contributed by atoms with van der Waals surface area (Å²) in [5.41, 5.74) is 1.17. The molecule has 2 atom stereocenters. The van der Waals surface area contributed by atoms with Gasteiger partial charge in [-0.1, -0.05) is 36.4 Å². The smallest absolute Gasteiger partial charge is 0.409 e. The van der Waals surface area contributed by atoms with Crippen LogP contribution in [0.5, 0.6) is 0 Å². The van der Waals surface area contributed by atoms with Gasteiger partial charge in [0, 0.05) is 33.0 Å². The van der Waals surface area contributed by atoms with Crippen LogP contribution in [0.25, 0.3) is 0 Å². The average molecular weight is 942 g/mol. The maximum atomic E-state index is 11.4. The number of hydrogen-bond donors (Lipinski definition) is 3. The van der Waals surface area contributed by atoms with Gasteiger partial charge < -0.3 is 72.0 Å². The maximum absolute atomic E-state index is 11.4. The van der Waals surface area contributed by atoms with Crippen LogP contribution in [-0.2, 0) is 57.6 Å². The number of aldehydes is 2. The monoisotopic (exact) mass is 941 g/mol. The molecule has 275 valence electrons. The van der Waals surface area contributed by atoms with Crippen LogP contribution in [0.4, 0.5) is 0 Å². The summed E-state index contributed by atoms with van der Waals surface area (Å²) in [6.45, 7) is 0. The highest BCUT2D eigenvalue weighted by atomic mass is 32.2. The van der Waals surface area contributed by atoms with Crippen LogP contribution < -0.4 is 0 Å². The second-order valence-electron chi connectivity index (χ2n) is 9.96. The van der Waals surface area contributed by atoms with Gasteiger partial charge in [-0.25, -0.2) is 0 Å². The van der Waals surface area contributed by atoms with E-state index in [1.54, 1.807) is 24.3 Å². The van der Waals surface area contributed by atoms with Crippen LogP contribution in [0.15, 0.2) is 58.3 Å². The first-order chi connectivity index (χ1) is 25.3. The molecule has 6 rings (SSSR count). The second-order valence-corrected chi connectivity index (χ2v) is 31.3. The van der Waals surface area contributed by atoms with E-state index in [2.05, 4.69) is 0 Å². The number of fused-ring (bicyclic) bond motifs is 4. The van der Waals surface area contributed by atoms with Crippen LogP contribution in [0.1, 0.15) is 33.6 Å². The number of benzene rings is 2. The van der Waals surface area contributed by atoms with E-state index in [0.717, 1.165) is 22.4 Å². The summed E-state index contributed by atoms with van der Waals surface area (Å²) in [7, 11) is -27.3. The number of carbonyl (C=O) groups excluding carboxylic acids is 2. The lowest BCUT2D eigenvalue weighted by Crippen LogP contribution is -2.70. The Morgan fingerprint density at radius 2 is 1.06 bits per heavy atom. The molecular weight excluding hydrogens is 917 g/mol. The topological polar surface area (TPSA) is 224 Å². The molecule has 0 spiro atoms. The van der Waals surface area contributed by atoms with Gasteiger partial charge in [0.1, 0.15) is 0 Å². The SMILES string of the molecule is O=Cc1ccccc1SCCC[Si]12O[Si](O[Si]O)O[Si](O[Si](O[Si](O)O[Si]3O[Si]4O[Si](O[Si]O)O[Si](CCCSc5ccccc5C=O)(O3)O4)O1)O2. The minimum Gasteiger partial charge on any atom is -0.409 e. The minimum atomic E-state index is -3.53. The Morgan fingerprint density at radius 1 is 0.654 bits per heavy atom. The fourth-order valence-corrected chi connectivity index (χ4v) is 34.1. The van der Waals surface area contributed by atoms with Crippen molar-refractivity contribution in [1.82, 2.24) is 0 Å². The van der Waals surface area contributed by atoms with Crippen molar-refractivity contribution in [3.05, 3.63) is 59.7 Å². The van der Waals surface area contributed by atoms with Gasteiger partial charge in [0.2, 0.25) is 0 Å². The summed E-state index contributed by atoms with van der Waals surface area (Å²) in [4.78, 5) is 54.1. The normalized spacial score (nSPS) is 25.2. The molecule has 2 aromatic rings. The van der Waals surface area contributed by atoms with Crippen molar-refractivity contribution in [1.29, 1.82) is 0 Å². The average Bonchev–Trinajstić information content (AvgIpc) is 3.12. The van der Waals surface area contributed by atoms with Crippen molar-refractivity contribution in [2.45, 2.75) is 34.7 Å². The molecular formula is C20H25O19S2Si11. The van der Waals surface area contributed by atoms with Crippen LogP contribution in [-0.4, -0.2) is 143 Å². The lowest BCUT2D eigenvalue weighted by molar-refractivity contribution is 0.0519. The molecule has 32 heteroatoms. The number of thioether (sulfide) groups is 2. The van der Waals surface area contributed by atoms with Crippen LogP contribution >= 0.6 is 23.5 Å². The van der Waals surface area contributed by atoms with E-state index in [0.29, 0.717) is 47.6 Å². The predicted molar refractivity (Wildman–Crippen MR) is 189 cm³/mol. The Kier molecular flexibility index (Phi) is 16.5. The standard InChI is InChI=1S/C20H25O19S2Si11/c21-15-17-7-1-3-9-19(17)40-11-5-13-51-34-45(26-42-23)30-49(38-51)32-47(36-51)28-44(25)29-48-33-50-31-46(27-43-24)35-52(37-48,39-50)14-6-12-41-20-10-4-2-8-18(20)16-22/h1-4,7-10,15-16,23-25H,5-6,11-14H2. The third kappa shape index (κ3) is 11.6. The largest absolute Gasteiger partial charge is 0.558 e. The van der Waals surface area contributed by atoms with Crippen molar-refractivity contribution in [2.24, 2.45) is 0 Å². The molecule has 4 bridgehead atoms. The van der Waals surface area contributed by atoms with Gasteiger partial charge in [-0.15, -0.1) is 23.5 Å².